The lowest BCUT2D eigenvalue weighted by atomic mass is 10.1. The van der Waals surface area contributed by atoms with Crippen molar-refractivity contribution in [3.8, 4) is 0 Å². The predicted octanol–water partition coefficient (Wildman–Crippen LogP) is 1.87. The Bertz CT molecular complexity index is 695. The number of carboxylic acids is 1. The van der Waals surface area contributed by atoms with Crippen LogP contribution in [0.4, 0.5) is 8.68 Å². The van der Waals surface area contributed by atoms with Crippen LogP contribution >= 0.6 is 0 Å². The molecule has 0 aliphatic heterocycles. The minimum absolute atomic E-state index is 0.224. The number of carbonyl (C=O) groups excluding carboxylic acids is 1. The summed E-state index contributed by atoms with van der Waals surface area (Å²) in [7, 11) is -4.89. The smallest absolute Gasteiger partial charge is 0.408 e. The summed E-state index contributed by atoms with van der Waals surface area (Å²) in [6, 6.07) is 3.44. The Balaban J connectivity index is 2.89. The Hall–Kier alpha value is -2.16. The molecule has 0 spiro atoms. The number of ether oxygens (including phenoxy) is 1. The van der Waals surface area contributed by atoms with Gasteiger partial charge in [-0.25, -0.2) is 9.59 Å². The van der Waals surface area contributed by atoms with E-state index in [1.807, 2.05) is 0 Å². The summed E-state index contributed by atoms with van der Waals surface area (Å²) in [5.41, 5.74) is -0.554. The molecular weight excluding hydrogens is 329 g/mol. The summed E-state index contributed by atoms with van der Waals surface area (Å²) >= 11 is 0. The lowest BCUT2D eigenvalue weighted by Crippen LogP contribution is -2.44. The number of nitrogens with one attached hydrogen (secondary N) is 1. The van der Waals surface area contributed by atoms with Gasteiger partial charge in [0.2, 0.25) is 0 Å². The molecule has 0 radical (unpaired) electrons. The minimum atomic E-state index is -4.89. The first-order chi connectivity index (χ1) is 10.4. The highest BCUT2D eigenvalue weighted by molar-refractivity contribution is 7.86. The highest BCUT2D eigenvalue weighted by atomic mass is 32.3. The maximum absolute atomic E-state index is 13.0. The normalized spacial score (nSPS) is 13.2. The van der Waals surface area contributed by atoms with Gasteiger partial charge in [0.1, 0.15) is 11.6 Å². The third kappa shape index (κ3) is 6.64. The molecule has 0 saturated carbocycles. The van der Waals surface area contributed by atoms with Crippen LogP contribution in [-0.2, 0) is 26.2 Å². The maximum atomic E-state index is 13.0. The SMILES string of the molecule is CC(C)(C)OC(=O)N[C@@H](Cc1cccc(S(=O)(=O)F)c1)C(=O)O. The number of alkyl carbamates (subject to hydrolysis) is 1. The molecule has 0 saturated heterocycles. The molecule has 1 aromatic carbocycles. The van der Waals surface area contributed by atoms with Crippen LogP contribution in [0.25, 0.3) is 0 Å². The molecule has 23 heavy (non-hydrogen) atoms. The fraction of sp³-hybridized carbons (Fsp3) is 0.429. The third-order valence-corrected chi connectivity index (χ3v) is 3.43. The molecule has 0 heterocycles. The van der Waals surface area contributed by atoms with Gasteiger partial charge in [-0.1, -0.05) is 12.1 Å². The second kappa shape index (κ2) is 6.95. The van der Waals surface area contributed by atoms with Gasteiger partial charge in [0.15, 0.2) is 0 Å². The van der Waals surface area contributed by atoms with Gasteiger partial charge in [0.25, 0.3) is 0 Å². The molecule has 1 aromatic rings. The van der Waals surface area contributed by atoms with E-state index in [0.717, 1.165) is 12.1 Å². The van der Waals surface area contributed by atoms with Crippen molar-refractivity contribution in [2.45, 2.75) is 43.7 Å². The molecule has 2 N–H and O–H groups in total. The number of carbonyl (C=O) groups is 2. The van der Waals surface area contributed by atoms with Crippen molar-refractivity contribution in [2.24, 2.45) is 0 Å². The van der Waals surface area contributed by atoms with Crippen molar-refractivity contribution < 1.29 is 31.7 Å². The largest absolute Gasteiger partial charge is 0.480 e. The van der Waals surface area contributed by atoms with Gasteiger partial charge in [-0.2, -0.15) is 8.42 Å². The molecule has 0 unspecified atom stereocenters. The Morgan fingerprint density at radius 3 is 2.43 bits per heavy atom. The molecule has 0 aliphatic carbocycles. The van der Waals surface area contributed by atoms with Crippen LogP contribution in [0.1, 0.15) is 26.3 Å². The van der Waals surface area contributed by atoms with Crippen LogP contribution in [0.15, 0.2) is 29.2 Å². The number of amides is 1. The Morgan fingerprint density at radius 1 is 1.35 bits per heavy atom. The number of carboxylic acid groups (broad SMARTS) is 1. The monoisotopic (exact) mass is 347 g/mol. The van der Waals surface area contributed by atoms with Crippen LogP contribution in [0.5, 0.6) is 0 Å². The van der Waals surface area contributed by atoms with E-state index < -0.39 is 38.8 Å². The molecule has 1 atom stereocenters. The minimum Gasteiger partial charge on any atom is -0.480 e. The van der Waals surface area contributed by atoms with Crippen LogP contribution < -0.4 is 5.32 Å². The van der Waals surface area contributed by atoms with E-state index >= 15 is 0 Å². The first-order valence-corrected chi connectivity index (χ1v) is 8.03. The predicted molar refractivity (Wildman–Crippen MR) is 79.2 cm³/mol. The van der Waals surface area contributed by atoms with E-state index in [1.54, 1.807) is 20.8 Å². The molecule has 0 aliphatic rings. The van der Waals surface area contributed by atoms with Crippen molar-refractivity contribution in [3.05, 3.63) is 29.8 Å². The van der Waals surface area contributed by atoms with E-state index in [4.69, 9.17) is 9.84 Å². The van der Waals surface area contributed by atoms with Gasteiger partial charge >= 0.3 is 22.3 Å². The van der Waals surface area contributed by atoms with E-state index in [9.17, 15) is 21.9 Å². The number of aliphatic carboxylic acids is 1. The van der Waals surface area contributed by atoms with Crippen molar-refractivity contribution in [2.75, 3.05) is 0 Å². The van der Waals surface area contributed by atoms with Gasteiger partial charge < -0.3 is 15.2 Å². The first-order valence-electron chi connectivity index (χ1n) is 6.64. The maximum Gasteiger partial charge on any atom is 0.408 e. The van der Waals surface area contributed by atoms with Gasteiger partial charge in [0, 0.05) is 6.42 Å². The number of hydrogen-bond donors (Lipinski definition) is 2. The first kappa shape index (κ1) is 18.9. The van der Waals surface area contributed by atoms with Gasteiger partial charge in [0.05, 0.1) is 4.90 Å². The standard InChI is InChI=1S/C14H18FNO6S/c1-14(2,3)22-13(19)16-11(12(17)18)8-9-5-4-6-10(7-9)23(15,20)21/h4-7,11H,8H2,1-3H3,(H,16,19)(H,17,18)/t11-/m0/s1. The van der Waals surface area contributed by atoms with E-state index in [1.165, 1.54) is 12.1 Å². The third-order valence-electron chi connectivity index (χ3n) is 2.61. The van der Waals surface area contributed by atoms with Crippen LogP contribution in [0.2, 0.25) is 0 Å². The van der Waals surface area contributed by atoms with Crippen LogP contribution in [0.3, 0.4) is 0 Å². The molecule has 1 rings (SSSR count). The molecular formula is C14H18FNO6S. The molecule has 0 bridgehead atoms. The van der Waals surface area contributed by atoms with Gasteiger partial charge in [-0.3, -0.25) is 0 Å². The van der Waals surface area contributed by atoms with Crippen molar-refractivity contribution in [1.82, 2.24) is 5.32 Å². The van der Waals surface area contributed by atoms with Crippen LogP contribution in [-0.4, -0.2) is 37.2 Å². The quantitative estimate of drug-likeness (QED) is 0.787. The molecule has 128 valence electrons. The Labute approximate surface area is 133 Å². The van der Waals surface area contributed by atoms with E-state index in [2.05, 4.69) is 5.32 Å². The van der Waals surface area contributed by atoms with Gasteiger partial charge in [-0.05, 0) is 38.5 Å². The zero-order valence-electron chi connectivity index (χ0n) is 12.9. The number of hydrogen-bond acceptors (Lipinski definition) is 5. The summed E-state index contributed by atoms with van der Waals surface area (Å²) < 4.78 is 39.7. The zero-order chi connectivity index (χ0) is 17.8. The summed E-state index contributed by atoms with van der Waals surface area (Å²) in [5.74, 6) is -1.33. The van der Waals surface area contributed by atoms with E-state index in [0.29, 0.717) is 0 Å². The lowest BCUT2D eigenvalue weighted by Gasteiger charge is -2.22. The Morgan fingerprint density at radius 2 is 1.96 bits per heavy atom. The number of benzene rings is 1. The highest BCUT2D eigenvalue weighted by Gasteiger charge is 2.24. The second-order valence-corrected chi connectivity index (χ2v) is 7.17. The topological polar surface area (TPSA) is 110 Å². The second-order valence-electron chi connectivity index (χ2n) is 5.83. The summed E-state index contributed by atoms with van der Waals surface area (Å²) in [5, 5.41) is 11.3. The fourth-order valence-electron chi connectivity index (χ4n) is 1.71. The van der Waals surface area contributed by atoms with Gasteiger partial charge in [-0.15, -0.1) is 3.89 Å². The highest BCUT2D eigenvalue weighted by Crippen LogP contribution is 2.15. The molecule has 7 nitrogen and oxygen atoms in total. The summed E-state index contributed by atoms with van der Waals surface area (Å²) in [6.07, 6.45) is -1.14. The van der Waals surface area contributed by atoms with Crippen molar-refractivity contribution in [3.63, 3.8) is 0 Å². The molecule has 0 aromatic heterocycles. The molecule has 0 fully saturated rings. The average molecular weight is 347 g/mol. The fourth-order valence-corrected chi connectivity index (χ4v) is 2.24. The number of rotatable bonds is 5. The van der Waals surface area contributed by atoms with E-state index in [-0.39, 0.29) is 12.0 Å². The molecule has 9 heteroatoms. The van der Waals surface area contributed by atoms with Crippen molar-refractivity contribution in [1.29, 1.82) is 0 Å². The zero-order valence-corrected chi connectivity index (χ0v) is 13.7. The van der Waals surface area contributed by atoms with Crippen molar-refractivity contribution >= 4 is 22.3 Å². The lowest BCUT2D eigenvalue weighted by molar-refractivity contribution is -0.139. The molecule has 1 amide bonds. The summed E-state index contributed by atoms with van der Waals surface area (Å²) in [6.45, 7) is 4.87. The summed E-state index contributed by atoms with van der Waals surface area (Å²) in [4.78, 5) is 22.3. The average Bonchev–Trinajstić information content (AvgIpc) is 2.35. The van der Waals surface area contributed by atoms with Crippen LogP contribution in [0, 0.1) is 0 Å². The Kier molecular flexibility index (Phi) is 5.70. The number of halogens is 1.